The molecule has 0 heterocycles. The SMILES string of the molecule is O=S(=O)(F)C(Cc1ccccc1)(S(=O)(=O)F)S(=O)(=O)F. The van der Waals surface area contributed by atoms with Crippen LogP contribution in [0.25, 0.3) is 0 Å². The maximum Gasteiger partial charge on any atom is 0.362 e. The second kappa shape index (κ2) is 5.00. The summed E-state index contributed by atoms with van der Waals surface area (Å²) in [5, 5.41) is 0. The second-order valence-corrected chi connectivity index (χ2v) is 9.15. The van der Waals surface area contributed by atoms with Crippen molar-refractivity contribution in [3.8, 4) is 0 Å². The van der Waals surface area contributed by atoms with Gasteiger partial charge in [-0.3, -0.25) is 0 Å². The Morgan fingerprint density at radius 2 is 1.10 bits per heavy atom. The fourth-order valence-electron chi connectivity index (χ4n) is 1.46. The molecule has 12 heteroatoms. The summed E-state index contributed by atoms with van der Waals surface area (Å²) in [5.74, 6) is 0. The van der Waals surface area contributed by atoms with Crippen molar-refractivity contribution in [1.29, 1.82) is 0 Å². The first kappa shape index (κ1) is 16.9. The van der Waals surface area contributed by atoms with Crippen molar-refractivity contribution >= 4 is 30.7 Å². The summed E-state index contributed by atoms with van der Waals surface area (Å²) in [4.78, 5) is 0. The van der Waals surface area contributed by atoms with Crippen molar-refractivity contribution in [3.05, 3.63) is 35.9 Å². The van der Waals surface area contributed by atoms with Crippen LogP contribution in [0, 0.1) is 0 Å². The Morgan fingerprint density at radius 1 is 0.750 bits per heavy atom. The average Bonchev–Trinajstić information content (AvgIpc) is 2.22. The van der Waals surface area contributed by atoms with Crippen LogP contribution >= 0.6 is 0 Å². The highest BCUT2D eigenvalue weighted by molar-refractivity contribution is 8.21. The zero-order chi connectivity index (χ0) is 15.8. The summed E-state index contributed by atoms with van der Waals surface area (Å²) in [7, 11) is -20.0. The minimum absolute atomic E-state index is 0.406. The molecule has 0 amide bonds. The molecule has 0 spiro atoms. The Bertz CT molecular complexity index is 719. The van der Waals surface area contributed by atoms with E-state index < -0.39 is 46.1 Å². The highest BCUT2D eigenvalue weighted by Gasteiger charge is 2.68. The van der Waals surface area contributed by atoms with Crippen LogP contribution < -0.4 is 0 Å². The normalized spacial score (nSPS) is 14.2. The van der Waals surface area contributed by atoms with E-state index in [0.29, 0.717) is 0 Å². The second-order valence-electron chi connectivity index (χ2n) is 3.66. The average molecular weight is 352 g/mol. The van der Waals surface area contributed by atoms with Gasteiger partial charge in [0, 0.05) is 6.42 Å². The lowest BCUT2D eigenvalue weighted by molar-refractivity contribution is 0.491. The van der Waals surface area contributed by atoms with E-state index in [1.54, 1.807) is 0 Å². The van der Waals surface area contributed by atoms with Crippen LogP contribution in [0.5, 0.6) is 0 Å². The summed E-state index contributed by atoms with van der Waals surface area (Å²) in [6, 6.07) is 5.76. The molecule has 0 saturated carbocycles. The standard InChI is InChI=1S/C8H7F3O6S3/c9-18(12,13)8(19(10,14)15,20(11,16)17)6-7-4-2-1-3-5-7/h1-5H,6H2. The Hall–Kier alpha value is -1.14. The van der Waals surface area contributed by atoms with Gasteiger partial charge in [-0.05, 0) is 5.56 Å². The van der Waals surface area contributed by atoms with E-state index in [2.05, 4.69) is 0 Å². The zero-order valence-electron chi connectivity index (χ0n) is 9.40. The maximum absolute atomic E-state index is 13.1. The van der Waals surface area contributed by atoms with Gasteiger partial charge in [0.2, 0.25) is 0 Å². The third-order valence-electron chi connectivity index (χ3n) is 2.38. The Labute approximate surface area is 113 Å². The third kappa shape index (κ3) is 2.81. The third-order valence-corrected chi connectivity index (χ3v) is 8.62. The summed E-state index contributed by atoms with van der Waals surface area (Å²) >= 11 is 0. The number of hydrogen-bond donors (Lipinski definition) is 0. The van der Waals surface area contributed by atoms with Crippen LogP contribution in [0.3, 0.4) is 0 Å². The van der Waals surface area contributed by atoms with E-state index in [0.717, 1.165) is 12.1 Å². The molecule has 0 bridgehead atoms. The summed E-state index contributed by atoms with van der Waals surface area (Å²) in [5.41, 5.74) is -0.406. The number of benzene rings is 1. The Kier molecular flexibility index (Phi) is 4.23. The lowest BCUT2D eigenvalue weighted by atomic mass is 10.2. The molecule has 6 nitrogen and oxygen atoms in total. The van der Waals surface area contributed by atoms with E-state index in [1.165, 1.54) is 18.2 Å². The molecule has 1 aromatic carbocycles. The lowest BCUT2D eigenvalue weighted by Gasteiger charge is -2.20. The first-order valence-corrected chi connectivity index (χ1v) is 8.84. The summed E-state index contributed by atoms with van der Waals surface area (Å²) in [6.45, 7) is 0. The van der Waals surface area contributed by atoms with Crippen molar-refractivity contribution in [2.24, 2.45) is 0 Å². The first-order chi connectivity index (χ1) is 8.83. The predicted octanol–water partition coefficient (Wildman–Crippen LogP) is 0.781. The maximum atomic E-state index is 13.1. The van der Waals surface area contributed by atoms with Gasteiger partial charge < -0.3 is 0 Å². The molecule has 0 aliphatic heterocycles. The van der Waals surface area contributed by atoms with Gasteiger partial charge in [-0.2, -0.15) is 25.3 Å². The minimum Gasteiger partial charge on any atom is -0.192 e. The highest BCUT2D eigenvalue weighted by atomic mass is 32.4. The zero-order valence-corrected chi connectivity index (χ0v) is 11.9. The van der Waals surface area contributed by atoms with Gasteiger partial charge in [-0.15, -0.1) is 11.7 Å². The van der Waals surface area contributed by atoms with Crippen LogP contribution in [-0.2, 0) is 37.1 Å². The van der Waals surface area contributed by atoms with E-state index in [4.69, 9.17) is 0 Å². The molecule has 20 heavy (non-hydrogen) atoms. The number of hydrogen-bond acceptors (Lipinski definition) is 6. The van der Waals surface area contributed by atoms with Gasteiger partial charge in [0.05, 0.1) is 0 Å². The fourth-order valence-corrected chi connectivity index (χ4v) is 5.33. The van der Waals surface area contributed by atoms with Crippen molar-refractivity contribution in [2.75, 3.05) is 0 Å². The topological polar surface area (TPSA) is 102 Å². The molecule has 0 aliphatic rings. The van der Waals surface area contributed by atoms with Crippen molar-refractivity contribution in [1.82, 2.24) is 0 Å². The molecule has 0 N–H and O–H groups in total. The first-order valence-electron chi connectivity index (χ1n) is 4.69. The molecule has 0 aliphatic carbocycles. The van der Waals surface area contributed by atoms with Crippen molar-refractivity contribution < 1.29 is 36.9 Å². The van der Waals surface area contributed by atoms with Gasteiger partial charge in [0.1, 0.15) is 0 Å². The van der Waals surface area contributed by atoms with E-state index in [1.807, 2.05) is 0 Å². The van der Waals surface area contributed by atoms with E-state index >= 15 is 0 Å². The molecule has 1 rings (SSSR count). The van der Waals surface area contributed by atoms with Gasteiger partial charge >= 0.3 is 34.1 Å². The molecule has 0 saturated heterocycles. The molecule has 0 unspecified atom stereocenters. The minimum atomic E-state index is -6.67. The largest absolute Gasteiger partial charge is 0.362 e. The Morgan fingerprint density at radius 3 is 1.40 bits per heavy atom. The lowest BCUT2D eigenvalue weighted by Crippen LogP contribution is -2.49. The van der Waals surface area contributed by atoms with Crippen LogP contribution in [0.2, 0.25) is 0 Å². The van der Waals surface area contributed by atoms with Gasteiger partial charge in [0.25, 0.3) is 0 Å². The number of rotatable bonds is 5. The molecular weight excluding hydrogens is 345 g/mol. The van der Waals surface area contributed by atoms with Crippen LogP contribution in [0.1, 0.15) is 5.56 Å². The quantitative estimate of drug-likeness (QED) is 0.726. The van der Waals surface area contributed by atoms with Gasteiger partial charge in [-0.1, -0.05) is 30.3 Å². The molecule has 1 aromatic rings. The van der Waals surface area contributed by atoms with Crippen molar-refractivity contribution in [2.45, 2.75) is 9.83 Å². The van der Waals surface area contributed by atoms with Gasteiger partial charge in [-0.25, -0.2) is 0 Å². The number of halogens is 3. The smallest absolute Gasteiger partial charge is 0.192 e. The molecule has 114 valence electrons. The summed E-state index contributed by atoms with van der Waals surface area (Å²) in [6.07, 6.45) is -1.76. The summed E-state index contributed by atoms with van der Waals surface area (Å²) < 4.78 is 99.6. The van der Waals surface area contributed by atoms with E-state index in [9.17, 15) is 36.9 Å². The Balaban J connectivity index is 3.76. The highest BCUT2D eigenvalue weighted by Crippen LogP contribution is 2.38. The van der Waals surface area contributed by atoms with Gasteiger partial charge in [0.15, 0.2) is 0 Å². The monoisotopic (exact) mass is 352 g/mol. The predicted molar refractivity (Wildman–Crippen MR) is 63.0 cm³/mol. The molecule has 0 aromatic heterocycles. The molecular formula is C8H7F3O6S3. The fraction of sp³-hybridized carbons (Fsp3) is 0.250. The van der Waals surface area contributed by atoms with Crippen LogP contribution in [-0.4, -0.2) is 28.7 Å². The molecule has 0 atom stereocenters. The van der Waals surface area contributed by atoms with Crippen molar-refractivity contribution in [3.63, 3.8) is 0 Å². The molecule has 0 fully saturated rings. The van der Waals surface area contributed by atoms with Crippen LogP contribution in [0.4, 0.5) is 11.7 Å². The van der Waals surface area contributed by atoms with Crippen LogP contribution in [0.15, 0.2) is 30.3 Å². The van der Waals surface area contributed by atoms with E-state index in [-0.39, 0.29) is 0 Å². The molecule has 0 radical (unpaired) electrons.